The van der Waals surface area contributed by atoms with Gasteiger partial charge in [-0.1, -0.05) is 52.0 Å². The van der Waals surface area contributed by atoms with E-state index in [1.807, 2.05) is 0 Å². The van der Waals surface area contributed by atoms with Crippen LogP contribution in [0.4, 0.5) is 0 Å². The Balaban J connectivity index is 2.81. The van der Waals surface area contributed by atoms with Gasteiger partial charge in [-0.2, -0.15) is 0 Å². The monoisotopic (exact) mass is 205 g/mol. The van der Waals surface area contributed by atoms with Crippen molar-refractivity contribution >= 4 is 0 Å². The van der Waals surface area contributed by atoms with Gasteiger partial charge in [-0.25, -0.2) is 0 Å². The smallest absolute Gasteiger partial charge is 0.0291 e. The molecule has 1 aromatic carbocycles. The van der Waals surface area contributed by atoms with Crippen molar-refractivity contribution in [2.24, 2.45) is 0 Å². The standard InChI is InChI=1S/C14H23N/c1-6-15-11(2)12-7-9-13(10-8-12)14(3,4)5/h7-11,15H,6H2,1-5H3. The van der Waals surface area contributed by atoms with Crippen LogP contribution >= 0.6 is 0 Å². The van der Waals surface area contributed by atoms with Gasteiger partial charge in [0.1, 0.15) is 0 Å². The Kier molecular flexibility index (Phi) is 3.92. The molecular formula is C14H23N. The highest BCUT2D eigenvalue weighted by Gasteiger charge is 2.13. The number of hydrogen-bond donors (Lipinski definition) is 1. The predicted octanol–water partition coefficient (Wildman–Crippen LogP) is 3.65. The molecule has 1 atom stereocenters. The molecule has 0 aliphatic carbocycles. The SMILES string of the molecule is CCNC(C)c1ccc(C(C)(C)C)cc1. The van der Waals surface area contributed by atoms with Gasteiger partial charge in [0, 0.05) is 6.04 Å². The van der Waals surface area contributed by atoms with Crippen molar-refractivity contribution in [3.05, 3.63) is 35.4 Å². The van der Waals surface area contributed by atoms with E-state index in [0.29, 0.717) is 6.04 Å². The van der Waals surface area contributed by atoms with Gasteiger partial charge in [0.2, 0.25) is 0 Å². The molecule has 0 bridgehead atoms. The minimum atomic E-state index is 0.250. The van der Waals surface area contributed by atoms with Crippen LogP contribution in [0.25, 0.3) is 0 Å². The van der Waals surface area contributed by atoms with Crippen LogP contribution < -0.4 is 5.32 Å². The maximum Gasteiger partial charge on any atom is 0.0291 e. The summed E-state index contributed by atoms with van der Waals surface area (Å²) in [7, 11) is 0. The van der Waals surface area contributed by atoms with E-state index in [1.165, 1.54) is 11.1 Å². The summed E-state index contributed by atoms with van der Waals surface area (Å²) in [6.45, 7) is 12.1. The first kappa shape index (κ1) is 12.3. The van der Waals surface area contributed by atoms with Gasteiger partial charge >= 0.3 is 0 Å². The third kappa shape index (κ3) is 3.35. The molecule has 1 nitrogen and oxygen atoms in total. The highest BCUT2D eigenvalue weighted by molar-refractivity contribution is 5.28. The Morgan fingerprint density at radius 1 is 1.13 bits per heavy atom. The lowest BCUT2D eigenvalue weighted by atomic mass is 9.86. The maximum absolute atomic E-state index is 3.42. The zero-order valence-corrected chi connectivity index (χ0v) is 10.6. The zero-order valence-electron chi connectivity index (χ0n) is 10.6. The molecule has 0 aromatic heterocycles. The Labute approximate surface area is 93.9 Å². The summed E-state index contributed by atoms with van der Waals surface area (Å²) in [5.74, 6) is 0. The predicted molar refractivity (Wildman–Crippen MR) is 67.2 cm³/mol. The zero-order chi connectivity index (χ0) is 11.5. The summed E-state index contributed by atoms with van der Waals surface area (Å²) < 4.78 is 0. The van der Waals surface area contributed by atoms with E-state index < -0.39 is 0 Å². The first-order valence-electron chi connectivity index (χ1n) is 5.79. The quantitative estimate of drug-likeness (QED) is 0.794. The first-order chi connectivity index (χ1) is 6.95. The van der Waals surface area contributed by atoms with Crippen LogP contribution in [0, 0.1) is 0 Å². The number of benzene rings is 1. The molecular weight excluding hydrogens is 182 g/mol. The second-order valence-corrected chi connectivity index (χ2v) is 5.15. The molecule has 0 amide bonds. The molecule has 1 rings (SSSR count). The van der Waals surface area contributed by atoms with Gasteiger partial charge in [-0.15, -0.1) is 0 Å². The van der Waals surface area contributed by atoms with Gasteiger partial charge in [0.15, 0.2) is 0 Å². The molecule has 0 fully saturated rings. The topological polar surface area (TPSA) is 12.0 Å². The molecule has 0 spiro atoms. The lowest BCUT2D eigenvalue weighted by molar-refractivity contribution is 0.582. The van der Waals surface area contributed by atoms with Crippen LogP contribution in [0.1, 0.15) is 51.8 Å². The van der Waals surface area contributed by atoms with Crippen molar-refractivity contribution in [3.8, 4) is 0 Å². The van der Waals surface area contributed by atoms with Crippen LogP contribution in [0.3, 0.4) is 0 Å². The average Bonchev–Trinajstić information content (AvgIpc) is 2.17. The first-order valence-corrected chi connectivity index (χ1v) is 5.79. The molecule has 1 unspecified atom stereocenters. The number of rotatable bonds is 3. The molecule has 0 aliphatic rings. The van der Waals surface area contributed by atoms with E-state index in [4.69, 9.17) is 0 Å². The third-order valence-electron chi connectivity index (χ3n) is 2.79. The molecule has 0 aliphatic heterocycles. The van der Waals surface area contributed by atoms with Crippen LogP contribution in [-0.2, 0) is 5.41 Å². The summed E-state index contributed by atoms with van der Waals surface area (Å²) in [6, 6.07) is 9.39. The maximum atomic E-state index is 3.42. The van der Waals surface area contributed by atoms with Gasteiger partial charge in [-0.05, 0) is 30.0 Å². The number of nitrogens with one attached hydrogen (secondary N) is 1. The average molecular weight is 205 g/mol. The fourth-order valence-electron chi connectivity index (χ4n) is 1.70. The molecule has 15 heavy (non-hydrogen) atoms. The van der Waals surface area contributed by atoms with Crippen molar-refractivity contribution in [2.75, 3.05) is 6.54 Å². The van der Waals surface area contributed by atoms with Crippen molar-refractivity contribution in [1.29, 1.82) is 0 Å². The lowest BCUT2D eigenvalue weighted by Gasteiger charge is -2.20. The molecule has 0 radical (unpaired) electrons. The van der Waals surface area contributed by atoms with Crippen LogP contribution in [-0.4, -0.2) is 6.54 Å². The van der Waals surface area contributed by atoms with Crippen LogP contribution in [0.15, 0.2) is 24.3 Å². The normalized spacial score (nSPS) is 13.9. The largest absolute Gasteiger partial charge is 0.310 e. The molecule has 0 saturated carbocycles. The Morgan fingerprint density at radius 2 is 1.67 bits per heavy atom. The summed E-state index contributed by atoms with van der Waals surface area (Å²) >= 11 is 0. The fourth-order valence-corrected chi connectivity index (χ4v) is 1.70. The summed E-state index contributed by atoms with van der Waals surface area (Å²) in [6.07, 6.45) is 0. The van der Waals surface area contributed by atoms with Crippen molar-refractivity contribution < 1.29 is 0 Å². The van der Waals surface area contributed by atoms with E-state index in [9.17, 15) is 0 Å². The molecule has 0 heterocycles. The van der Waals surface area contributed by atoms with E-state index in [0.717, 1.165) is 6.54 Å². The van der Waals surface area contributed by atoms with Crippen LogP contribution in [0.5, 0.6) is 0 Å². The van der Waals surface area contributed by atoms with E-state index in [1.54, 1.807) is 0 Å². The highest BCUT2D eigenvalue weighted by Crippen LogP contribution is 2.23. The summed E-state index contributed by atoms with van der Waals surface area (Å²) in [4.78, 5) is 0. The van der Waals surface area contributed by atoms with E-state index >= 15 is 0 Å². The van der Waals surface area contributed by atoms with Gasteiger partial charge < -0.3 is 5.32 Å². The van der Waals surface area contributed by atoms with Gasteiger partial charge in [-0.3, -0.25) is 0 Å². The molecule has 0 saturated heterocycles. The fraction of sp³-hybridized carbons (Fsp3) is 0.571. The van der Waals surface area contributed by atoms with E-state index in [-0.39, 0.29) is 5.41 Å². The summed E-state index contributed by atoms with van der Waals surface area (Å²) in [5, 5.41) is 3.42. The highest BCUT2D eigenvalue weighted by atomic mass is 14.9. The van der Waals surface area contributed by atoms with Crippen molar-refractivity contribution in [1.82, 2.24) is 5.32 Å². The Morgan fingerprint density at radius 3 is 2.07 bits per heavy atom. The second kappa shape index (κ2) is 4.80. The van der Waals surface area contributed by atoms with Crippen molar-refractivity contribution in [3.63, 3.8) is 0 Å². The van der Waals surface area contributed by atoms with Crippen LogP contribution in [0.2, 0.25) is 0 Å². The molecule has 1 heteroatoms. The molecule has 84 valence electrons. The van der Waals surface area contributed by atoms with E-state index in [2.05, 4.69) is 64.2 Å². The minimum Gasteiger partial charge on any atom is -0.310 e. The molecule has 1 aromatic rings. The van der Waals surface area contributed by atoms with Gasteiger partial charge in [0.05, 0.1) is 0 Å². The second-order valence-electron chi connectivity index (χ2n) is 5.15. The lowest BCUT2D eigenvalue weighted by Crippen LogP contribution is -2.18. The number of hydrogen-bond acceptors (Lipinski definition) is 1. The Bertz CT molecular complexity index is 292. The minimum absolute atomic E-state index is 0.250. The Hall–Kier alpha value is -0.820. The summed E-state index contributed by atoms with van der Waals surface area (Å²) in [5.41, 5.74) is 3.01. The van der Waals surface area contributed by atoms with Gasteiger partial charge in [0.25, 0.3) is 0 Å². The third-order valence-corrected chi connectivity index (χ3v) is 2.79. The van der Waals surface area contributed by atoms with Crippen molar-refractivity contribution in [2.45, 2.75) is 46.1 Å². The molecule has 1 N–H and O–H groups in total.